The molecule has 6 heteroatoms. The second kappa shape index (κ2) is 6.93. The molecule has 1 atom stereocenters. The molecule has 3 nitrogen and oxygen atoms in total. The first kappa shape index (κ1) is 15.8. The Balaban J connectivity index is 1.91. The van der Waals surface area contributed by atoms with Crippen LogP contribution in [0.4, 0.5) is 13.2 Å². The first-order valence-corrected chi connectivity index (χ1v) is 7.14. The van der Waals surface area contributed by atoms with E-state index in [1.54, 1.807) is 6.07 Å². The SMILES string of the molecule is O=C(NCc1cccc(C(F)(F)F)c1)C1CCCCCN1. The van der Waals surface area contributed by atoms with Gasteiger partial charge >= 0.3 is 6.18 Å². The van der Waals surface area contributed by atoms with Crippen molar-refractivity contribution in [1.29, 1.82) is 0 Å². The maximum atomic E-state index is 12.6. The minimum atomic E-state index is -4.36. The van der Waals surface area contributed by atoms with Crippen molar-refractivity contribution in [3.05, 3.63) is 35.4 Å². The average molecular weight is 300 g/mol. The summed E-state index contributed by atoms with van der Waals surface area (Å²) in [6.07, 6.45) is -0.437. The molecule has 0 aromatic heterocycles. The zero-order valence-corrected chi connectivity index (χ0v) is 11.7. The molecule has 116 valence electrons. The fourth-order valence-electron chi connectivity index (χ4n) is 2.42. The first-order valence-electron chi connectivity index (χ1n) is 7.14. The number of carbonyl (C=O) groups is 1. The molecule has 0 bridgehead atoms. The van der Waals surface area contributed by atoms with Crippen LogP contribution in [0.15, 0.2) is 24.3 Å². The highest BCUT2D eigenvalue weighted by Crippen LogP contribution is 2.29. The molecule has 0 saturated carbocycles. The van der Waals surface area contributed by atoms with Gasteiger partial charge in [0.25, 0.3) is 0 Å². The van der Waals surface area contributed by atoms with Crippen LogP contribution in [0.1, 0.15) is 36.8 Å². The predicted molar refractivity (Wildman–Crippen MR) is 73.5 cm³/mol. The molecule has 1 amide bonds. The number of rotatable bonds is 3. The van der Waals surface area contributed by atoms with Gasteiger partial charge in [0.2, 0.25) is 5.91 Å². The summed E-state index contributed by atoms with van der Waals surface area (Å²) in [6.45, 7) is 0.919. The van der Waals surface area contributed by atoms with E-state index in [9.17, 15) is 18.0 Å². The summed E-state index contributed by atoms with van der Waals surface area (Å²) in [6, 6.07) is 4.79. The van der Waals surface area contributed by atoms with E-state index < -0.39 is 11.7 Å². The van der Waals surface area contributed by atoms with Crippen molar-refractivity contribution in [2.45, 2.75) is 44.4 Å². The Labute approximate surface area is 121 Å². The summed E-state index contributed by atoms with van der Waals surface area (Å²) in [5, 5.41) is 5.87. The van der Waals surface area contributed by atoms with Crippen LogP contribution in [0.5, 0.6) is 0 Å². The van der Waals surface area contributed by atoms with Gasteiger partial charge in [-0.25, -0.2) is 0 Å². The van der Waals surface area contributed by atoms with Gasteiger partial charge in [-0.1, -0.05) is 25.0 Å². The largest absolute Gasteiger partial charge is 0.416 e. The van der Waals surface area contributed by atoms with Crippen molar-refractivity contribution in [1.82, 2.24) is 10.6 Å². The van der Waals surface area contributed by atoms with Gasteiger partial charge in [0, 0.05) is 6.54 Å². The molecule has 2 N–H and O–H groups in total. The Morgan fingerprint density at radius 1 is 1.29 bits per heavy atom. The molecule has 1 aliphatic rings. The van der Waals surface area contributed by atoms with Crippen LogP contribution in [0.2, 0.25) is 0 Å². The molecule has 1 aromatic carbocycles. The minimum absolute atomic E-state index is 0.112. The van der Waals surface area contributed by atoms with Crippen LogP contribution in [-0.4, -0.2) is 18.5 Å². The van der Waals surface area contributed by atoms with Gasteiger partial charge in [-0.3, -0.25) is 4.79 Å². The zero-order valence-electron chi connectivity index (χ0n) is 11.7. The van der Waals surface area contributed by atoms with E-state index in [1.807, 2.05) is 0 Å². The van der Waals surface area contributed by atoms with Crippen LogP contribution < -0.4 is 10.6 Å². The molecule has 2 rings (SSSR count). The average Bonchev–Trinajstić information content (AvgIpc) is 2.73. The number of benzene rings is 1. The third-order valence-corrected chi connectivity index (χ3v) is 3.60. The Kier molecular flexibility index (Phi) is 5.22. The summed E-state index contributed by atoms with van der Waals surface area (Å²) in [5.74, 6) is -0.144. The van der Waals surface area contributed by atoms with Crippen molar-refractivity contribution in [3.63, 3.8) is 0 Å². The van der Waals surface area contributed by atoms with Crippen LogP contribution in [0.3, 0.4) is 0 Å². The maximum absolute atomic E-state index is 12.6. The van der Waals surface area contributed by atoms with E-state index in [2.05, 4.69) is 10.6 Å². The Bertz CT molecular complexity index is 480. The molecule has 0 radical (unpaired) electrons. The van der Waals surface area contributed by atoms with Gasteiger partial charge in [-0.2, -0.15) is 13.2 Å². The third kappa shape index (κ3) is 4.74. The number of alkyl halides is 3. The first-order chi connectivity index (χ1) is 9.97. The lowest BCUT2D eigenvalue weighted by molar-refractivity contribution is -0.137. The van der Waals surface area contributed by atoms with Gasteiger partial charge < -0.3 is 10.6 Å². The van der Waals surface area contributed by atoms with Crippen LogP contribution >= 0.6 is 0 Å². The van der Waals surface area contributed by atoms with E-state index in [-0.39, 0.29) is 18.5 Å². The quantitative estimate of drug-likeness (QED) is 0.901. The van der Waals surface area contributed by atoms with Crippen molar-refractivity contribution in [2.24, 2.45) is 0 Å². The molecule has 1 heterocycles. The Hall–Kier alpha value is -1.56. The van der Waals surface area contributed by atoms with Gasteiger partial charge in [0.1, 0.15) is 0 Å². The lowest BCUT2D eigenvalue weighted by atomic mass is 10.1. The number of halogens is 3. The standard InChI is InChI=1S/C15H19F3N2O/c16-15(17,18)12-6-4-5-11(9-12)10-20-14(21)13-7-2-1-3-8-19-13/h4-6,9,13,19H,1-3,7-8,10H2,(H,20,21). The van der Waals surface area contributed by atoms with Crippen molar-refractivity contribution in [3.8, 4) is 0 Å². The summed E-state index contributed by atoms with van der Waals surface area (Å²) in [4.78, 5) is 12.0. The normalized spacial score (nSPS) is 19.9. The fourth-order valence-corrected chi connectivity index (χ4v) is 2.42. The summed E-state index contributed by atoms with van der Waals surface area (Å²) in [7, 11) is 0. The molecule has 1 fully saturated rings. The van der Waals surface area contributed by atoms with Gasteiger partial charge in [-0.15, -0.1) is 0 Å². The molecular formula is C15H19F3N2O. The highest BCUT2D eigenvalue weighted by Gasteiger charge is 2.30. The van der Waals surface area contributed by atoms with Crippen LogP contribution in [0.25, 0.3) is 0 Å². The lowest BCUT2D eigenvalue weighted by Gasteiger charge is -2.16. The van der Waals surface area contributed by atoms with E-state index in [0.717, 1.165) is 44.4 Å². The highest BCUT2D eigenvalue weighted by molar-refractivity contribution is 5.81. The van der Waals surface area contributed by atoms with Crippen LogP contribution in [0, 0.1) is 0 Å². The minimum Gasteiger partial charge on any atom is -0.351 e. The fraction of sp³-hybridized carbons (Fsp3) is 0.533. The smallest absolute Gasteiger partial charge is 0.351 e. The number of nitrogens with one attached hydrogen (secondary N) is 2. The molecule has 0 aliphatic carbocycles. The summed E-state index contributed by atoms with van der Waals surface area (Å²) < 4.78 is 37.8. The molecule has 1 aliphatic heterocycles. The van der Waals surface area contributed by atoms with Gasteiger partial charge in [0.15, 0.2) is 0 Å². The number of amides is 1. The van der Waals surface area contributed by atoms with Gasteiger partial charge in [0.05, 0.1) is 11.6 Å². The van der Waals surface area contributed by atoms with Gasteiger partial charge in [-0.05, 0) is 37.1 Å². The molecule has 1 saturated heterocycles. The predicted octanol–water partition coefficient (Wildman–Crippen LogP) is 2.85. The molecule has 1 unspecified atom stereocenters. The molecule has 0 spiro atoms. The topological polar surface area (TPSA) is 41.1 Å². The number of hydrogen-bond acceptors (Lipinski definition) is 2. The Morgan fingerprint density at radius 2 is 2.10 bits per heavy atom. The molecule has 1 aromatic rings. The monoisotopic (exact) mass is 300 g/mol. The second-order valence-electron chi connectivity index (χ2n) is 5.27. The van der Waals surface area contributed by atoms with E-state index >= 15 is 0 Å². The summed E-state index contributed by atoms with van der Waals surface area (Å²) in [5.41, 5.74) is -0.242. The van der Waals surface area contributed by atoms with E-state index in [1.165, 1.54) is 6.07 Å². The van der Waals surface area contributed by atoms with Crippen molar-refractivity contribution >= 4 is 5.91 Å². The lowest BCUT2D eigenvalue weighted by Crippen LogP contribution is -2.43. The maximum Gasteiger partial charge on any atom is 0.416 e. The Morgan fingerprint density at radius 3 is 2.86 bits per heavy atom. The van der Waals surface area contributed by atoms with E-state index in [0.29, 0.717) is 5.56 Å². The molecular weight excluding hydrogens is 281 g/mol. The number of hydrogen-bond donors (Lipinski definition) is 2. The van der Waals surface area contributed by atoms with Crippen molar-refractivity contribution < 1.29 is 18.0 Å². The summed E-state index contributed by atoms with van der Waals surface area (Å²) >= 11 is 0. The molecule has 21 heavy (non-hydrogen) atoms. The van der Waals surface area contributed by atoms with Crippen LogP contribution in [-0.2, 0) is 17.5 Å². The zero-order chi connectivity index (χ0) is 15.3. The van der Waals surface area contributed by atoms with Crippen molar-refractivity contribution in [2.75, 3.05) is 6.54 Å². The van der Waals surface area contributed by atoms with E-state index in [4.69, 9.17) is 0 Å². The third-order valence-electron chi connectivity index (χ3n) is 3.60. The number of carbonyl (C=O) groups excluding carboxylic acids is 1. The second-order valence-corrected chi connectivity index (χ2v) is 5.27. The highest BCUT2D eigenvalue weighted by atomic mass is 19.4.